The van der Waals surface area contributed by atoms with Gasteiger partial charge in [0.1, 0.15) is 12.4 Å². The van der Waals surface area contributed by atoms with Crippen molar-refractivity contribution in [2.24, 2.45) is 0 Å². The van der Waals surface area contributed by atoms with Crippen LogP contribution < -0.4 is 4.90 Å². The topological polar surface area (TPSA) is 78.9 Å². The summed E-state index contributed by atoms with van der Waals surface area (Å²) in [5, 5.41) is 0. The number of carbonyl (C=O) groups excluding carboxylic acids is 2. The van der Waals surface area contributed by atoms with Gasteiger partial charge in [0.15, 0.2) is 0 Å². The van der Waals surface area contributed by atoms with Crippen molar-refractivity contribution in [1.29, 1.82) is 0 Å². The van der Waals surface area contributed by atoms with Crippen LogP contribution in [0, 0.1) is 13.8 Å². The Labute approximate surface area is 196 Å². The maximum Gasteiger partial charge on any atom is 0.257 e. The summed E-state index contributed by atoms with van der Waals surface area (Å²) in [6.07, 6.45) is 2.45. The van der Waals surface area contributed by atoms with Crippen molar-refractivity contribution >= 4 is 17.5 Å². The average molecular weight is 454 g/mol. The summed E-state index contributed by atoms with van der Waals surface area (Å²) in [5.74, 6) is 0.464. The van der Waals surface area contributed by atoms with Gasteiger partial charge in [0.05, 0.1) is 11.3 Å². The molecule has 0 bridgehead atoms. The lowest BCUT2D eigenvalue weighted by Crippen LogP contribution is -2.41. The number of hydrogen-bond acceptors (Lipinski definition) is 6. The number of methoxy groups -OCH3 is 1. The molecule has 2 amide bonds. The van der Waals surface area contributed by atoms with E-state index in [9.17, 15) is 9.59 Å². The molecule has 0 aliphatic carbocycles. The zero-order valence-corrected chi connectivity index (χ0v) is 20.4. The van der Waals surface area contributed by atoms with Crippen molar-refractivity contribution in [2.45, 2.75) is 46.7 Å². The SMILES string of the molecule is COCC(=O)N1CCCN(C(C)C)CCN(C(=O)c2cnc(C)nc2C)Cc2ccccc21. The molecule has 1 aliphatic heterocycles. The molecule has 2 heterocycles. The third-order valence-corrected chi connectivity index (χ3v) is 6.04. The molecule has 178 valence electrons. The average Bonchev–Trinajstić information content (AvgIpc) is 2.81. The van der Waals surface area contributed by atoms with Gasteiger partial charge >= 0.3 is 0 Å². The number of nitrogens with zero attached hydrogens (tertiary/aromatic N) is 5. The van der Waals surface area contributed by atoms with Gasteiger partial charge < -0.3 is 14.5 Å². The molecule has 33 heavy (non-hydrogen) atoms. The highest BCUT2D eigenvalue weighted by Gasteiger charge is 2.25. The Kier molecular flexibility index (Phi) is 8.52. The van der Waals surface area contributed by atoms with Crippen molar-refractivity contribution in [3.05, 3.63) is 53.1 Å². The predicted octanol–water partition coefficient (Wildman–Crippen LogP) is 2.83. The summed E-state index contributed by atoms with van der Waals surface area (Å²) in [6.45, 7) is 11.2. The second kappa shape index (κ2) is 11.3. The molecular formula is C25H35N5O3. The van der Waals surface area contributed by atoms with E-state index >= 15 is 0 Å². The number of hydrogen-bond donors (Lipinski definition) is 0. The Balaban J connectivity index is 2.01. The second-order valence-corrected chi connectivity index (χ2v) is 8.73. The number of rotatable bonds is 4. The van der Waals surface area contributed by atoms with E-state index < -0.39 is 0 Å². The smallest absolute Gasteiger partial charge is 0.257 e. The van der Waals surface area contributed by atoms with Crippen molar-refractivity contribution in [2.75, 3.05) is 44.8 Å². The summed E-state index contributed by atoms with van der Waals surface area (Å²) in [7, 11) is 1.53. The van der Waals surface area contributed by atoms with Gasteiger partial charge in [0.2, 0.25) is 0 Å². The van der Waals surface area contributed by atoms with E-state index in [1.807, 2.05) is 43.0 Å². The third kappa shape index (κ3) is 6.15. The number of benzene rings is 1. The van der Waals surface area contributed by atoms with Crippen LogP contribution >= 0.6 is 0 Å². The Morgan fingerprint density at radius 3 is 2.55 bits per heavy atom. The third-order valence-electron chi connectivity index (χ3n) is 6.04. The standard InChI is InChI=1S/C25H35N5O3/c1-18(2)28-11-8-12-30(24(31)17-33-5)23-10-7-6-9-21(23)16-29(14-13-28)25(32)22-15-26-20(4)27-19(22)3/h6-7,9-10,15,18H,8,11-14,16-17H2,1-5H3. The molecule has 0 radical (unpaired) electrons. The van der Waals surface area contributed by atoms with Gasteiger partial charge in [-0.25, -0.2) is 9.97 Å². The molecule has 0 saturated carbocycles. The first-order valence-corrected chi connectivity index (χ1v) is 11.5. The molecule has 1 aromatic heterocycles. The van der Waals surface area contributed by atoms with Crippen LogP contribution in [0.2, 0.25) is 0 Å². The molecule has 8 heteroatoms. The first-order chi connectivity index (χ1) is 15.8. The minimum absolute atomic E-state index is 0.0186. The monoisotopic (exact) mass is 453 g/mol. The highest BCUT2D eigenvalue weighted by atomic mass is 16.5. The molecule has 0 spiro atoms. The summed E-state index contributed by atoms with van der Waals surface area (Å²) < 4.78 is 5.14. The van der Waals surface area contributed by atoms with E-state index in [1.165, 1.54) is 7.11 Å². The van der Waals surface area contributed by atoms with Crippen LogP contribution in [-0.4, -0.2) is 77.5 Å². The van der Waals surface area contributed by atoms with Crippen molar-refractivity contribution in [1.82, 2.24) is 19.8 Å². The number of para-hydroxylation sites is 1. The van der Waals surface area contributed by atoms with Gasteiger partial charge in [-0.1, -0.05) is 18.2 Å². The maximum absolute atomic E-state index is 13.6. The first-order valence-electron chi connectivity index (χ1n) is 11.5. The summed E-state index contributed by atoms with van der Waals surface area (Å²) >= 11 is 0. The summed E-state index contributed by atoms with van der Waals surface area (Å²) in [6, 6.07) is 8.14. The molecular weight excluding hydrogens is 418 g/mol. The van der Waals surface area contributed by atoms with Gasteiger partial charge in [0, 0.05) is 57.8 Å². The largest absolute Gasteiger partial charge is 0.375 e. The zero-order valence-electron chi connectivity index (χ0n) is 20.4. The maximum atomic E-state index is 13.6. The van der Waals surface area contributed by atoms with Crippen LogP contribution in [0.3, 0.4) is 0 Å². The number of aromatic nitrogens is 2. The van der Waals surface area contributed by atoms with Crippen molar-refractivity contribution in [3.63, 3.8) is 0 Å². The van der Waals surface area contributed by atoms with E-state index in [0.717, 1.165) is 30.8 Å². The van der Waals surface area contributed by atoms with Crippen molar-refractivity contribution < 1.29 is 14.3 Å². The van der Waals surface area contributed by atoms with Crippen LogP contribution in [0.25, 0.3) is 0 Å². The highest BCUT2D eigenvalue weighted by molar-refractivity contribution is 5.96. The Morgan fingerprint density at radius 1 is 1.09 bits per heavy atom. The lowest BCUT2D eigenvalue weighted by Gasteiger charge is -2.30. The molecule has 1 aromatic carbocycles. The Hall–Kier alpha value is -2.84. The molecule has 8 nitrogen and oxygen atoms in total. The fraction of sp³-hybridized carbons (Fsp3) is 0.520. The normalized spacial score (nSPS) is 15.8. The van der Waals surface area contributed by atoms with Crippen molar-refractivity contribution in [3.8, 4) is 0 Å². The van der Waals surface area contributed by atoms with E-state index in [1.54, 1.807) is 11.1 Å². The van der Waals surface area contributed by atoms with Gasteiger partial charge in [-0.3, -0.25) is 14.5 Å². The fourth-order valence-corrected chi connectivity index (χ4v) is 4.22. The van der Waals surface area contributed by atoms with Crippen LogP contribution in [0.15, 0.2) is 30.5 Å². The minimum Gasteiger partial charge on any atom is -0.375 e. The van der Waals surface area contributed by atoms with Crippen LogP contribution in [0.5, 0.6) is 0 Å². The zero-order chi connectivity index (χ0) is 24.0. The molecule has 0 fully saturated rings. The molecule has 1 aliphatic rings. The van der Waals surface area contributed by atoms with Gasteiger partial charge in [-0.15, -0.1) is 0 Å². The van der Waals surface area contributed by atoms with Crippen LogP contribution in [-0.2, 0) is 16.1 Å². The lowest BCUT2D eigenvalue weighted by atomic mass is 10.1. The van der Waals surface area contributed by atoms with E-state index in [2.05, 4.69) is 28.7 Å². The van der Waals surface area contributed by atoms with E-state index in [-0.39, 0.29) is 18.4 Å². The van der Waals surface area contributed by atoms with Crippen LogP contribution in [0.1, 0.15) is 47.7 Å². The number of amides is 2. The second-order valence-electron chi connectivity index (χ2n) is 8.73. The van der Waals surface area contributed by atoms with Gasteiger partial charge in [-0.05, 0) is 45.7 Å². The number of fused-ring (bicyclic) bond motifs is 1. The molecule has 0 atom stereocenters. The van der Waals surface area contributed by atoms with E-state index in [4.69, 9.17) is 4.74 Å². The molecule has 0 N–H and O–H groups in total. The fourth-order valence-electron chi connectivity index (χ4n) is 4.22. The minimum atomic E-state index is -0.0972. The van der Waals surface area contributed by atoms with E-state index in [0.29, 0.717) is 42.8 Å². The van der Waals surface area contributed by atoms with Gasteiger partial charge in [0.25, 0.3) is 11.8 Å². The predicted molar refractivity (Wildman–Crippen MR) is 128 cm³/mol. The number of aryl methyl sites for hydroxylation is 2. The number of anilines is 1. The van der Waals surface area contributed by atoms with Crippen LogP contribution in [0.4, 0.5) is 5.69 Å². The summed E-state index contributed by atoms with van der Waals surface area (Å²) in [5.41, 5.74) is 2.94. The lowest BCUT2D eigenvalue weighted by molar-refractivity contribution is -0.122. The molecule has 0 saturated heterocycles. The molecule has 0 unspecified atom stereocenters. The molecule has 2 aromatic rings. The molecule has 3 rings (SSSR count). The Morgan fingerprint density at radius 2 is 1.85 bits per heavy atom. The highest BCUT2D eigenvalue weighted by Crippen LogP contribution is 2.25. The van der Waals surface area contributed by atoms with Gasteiger partial charge in [-0.2, -0.15) is 0 Å². The Bertz CT molecular complexity index is 978. The summed E-state index contributed by atoms with van der Waals surface area (Å²) in [4.78, 5) is 41.2. The first kappa shape index (κ1) is 24.8. The number of ether oxygens (including phenoxy) is 1. The number of carbonyl (C=O) groups is 2. The quantitative estimate of drug-likeness (QED) is 0.708.